The first-order valence-corrected chi connectivity index (χ1v) is 7.44. The summed E-state index contributed by atoms with van der Waals surface area (Å²) in [4.78, 5) is 11.8. The van der Waals surface area contributed by atoms with Crippen LogP contribution in [0.1, 0.15) is 33.1 Å². The molecule has 2 N–H and O–H groups in total. The molecule has 0 bridgehead atoms. The molecule has 1 aliphatic carbocycles. The molecule has 1 atom stereocenters. The topological polar surface area (TPSA) is 50.4 Å². The van der Waals surface area contributed by atoms with Crippen molar-refractivity contribution in [1.29, 1.82) is 0 Å². The van der Waals surface area contributed by atoms with Crippen LogP contribution >= 0.6 is 0 Å². The second-order valence-electron chi connectivity index (χ2n) is 5.49. The fraction of sp³-hybridized carbons (Fsp3) is 0.562. The number of hydrogen-bond acceptors (Lipinski definition) is 3. The highest BCUT2D eigenvalue weighted by Crippen LogP contribution is 2.27. The molecule has 4 heteroatoms. The molecule has 0 aromatic heterocycles. The van der Waals surface area contributed by atoms with Gasteiger partial charge < -0.3 is 15.4 Å². The van der Waals surface area contributed by atoms with Crippen molar-refractivity contribution < 1.29 is 9.53 Å². The quantitative estimate of drug-likeness (QED) is 0.767. The van der Waals surface area contributed by atoms with E-state index in [1.165, 1.54) is 12.8 Å². The second kappa shape index (κ2) is 7.29. The van der Waals surface area contributed by atoms with Crippen LogP contribution in [0.2, 0.25) is 0 Å². The molecule has 0 saturated heterocycles. The molecule has 1 aromatic carbocycles. The number of nitrogens with one attached hydrogen (secondary N) is 2. The minimum Gasteiger partial charge on any atom is -0.491 e. The van der Waals surface area contributed by atoms with Gasteiger partial charge in [-0.15, -0.1) is 0 Å². The van der Waals surface area contributed by atoms with Crippen molar-refractivity contribution in [3.8, 4) is 5.75 Å². The van der Waals surface area contributed by atoms with Crippen LogP contribution in [0.25, 0.3) is 0 Å². The van der Waals surface area contributed by atoms with E-state index in [0.29, 0.717) is 6.54 Å². The number of amides is 1. The summed E-state index contributed by atoms with van der Waals surface area (Å²) in [5.74, 6) is 1.57. The molecule has 1 unspecified atom stereocenters. The van der Waals surface area contributed by atoms with Gasteiger partial charge in [0.1, 0.15) is 5.75 Å². The standard InChI is InChI=1S/C16H24N2O2/c1-3-12(2)20-15-6-4-5-14(9-15)18-16(19)11-17-10-13-7-8-13/h4-6,9,12-13,17H,3,7-8,10-11H2,1-2H3,(H,18,19). The number of hydrogen-bond donors (Lipinski definition) is 2. The monoisotopic (exact) mass is 276 g/mol. The van der Waals surface area contributed by atoms with Crippen LogP contribution in [0.15, 0.2) is 24.3 Å². The van der Waals surface area contributed by atoms with Crippen molar-refractivity contribution in [2.45, 2.75) is 39.2 Å². The molecule has 2 rings (SSSR count). The largest absolute Gasteiger partial charge is 0.491 e. The minimum absolute atomic E-state index is 0.00802. The third kappa shape index (κ3) is 5.21. The maximum absolute atomic E-state index is 11.8. The highest BCUT2D eigenvalue weighted by molar-refractivity contribution is 5.92. The number of benzene rings is 1. The second-order valence-corrected chi connectivity index (χ2v) is 5.49. The Morgan fingerprint density at radius 1 is 1.45 bits per heavy atom. The van der Waals surface area contributed by atoms with E-state index in [1.807, 2.05) is 31.2 Å². The van der Waals surface area contributed by atoms with Gasteiger partial charge in [0.05, 0.1) is 12.6 Å². The Morgan fingerprint density at radius 3 is 2.95 bits per heavy atom. The molecule has 1 fully saturated rings. The number of rotatable bonds is 8. The number of carbonyl (C=O) groups excluding carboxylic acids is 1. The normalized spacial score (nSPS) is 15.7. The van der Waals surface area contributed by atoms with E-state index in [1.54, 1.807) is 0 Å². The summed E-state index contributed by atoms with van der Waals surface area (Å²) in [7, 11) is 0. The van der Waals surface area contributed by atoms with Gasteiger partial charge in [-0.25, -0.2) is 0 Å². The maximum atomic E-state index is 11.8. The summed E-state index contributed by atoms with van der Waals surface area (Å²) in [5, 5.41) is 6.07. The SMILES string of the molecule is CCC(C)Oc1cccc(NC(=O)CNCC2CC2)c1. The van der Waals surface area contributed by atoms with Crippen molar-refractivity contribution in [3.63, 3.8) is 0 Å². The molecule has 1 aliphatic rings. The first-order valence-electron chi connectivity index (χ1n) is 7.44. The van der Waals surface area contributed by atoms with Gasteiger partial charge >= 0.3 is 0 Å². The fourth-order valence-electron chi connectivity index (χ4n) is 1.88. The molecule has 110 valence electrons. The van der Waals surface area contributed by atoms with E-state index >= 15 is 0 Å². The van der Waals surface area contributed by atoms with E-state index < -0.39 is 0 Å². The molecular formula is C16H24N2O2. The zero-order valence-electron chi connectivity index (χ0n) is 12.3. The van der Waals surface area contributed by atoms with Crippen molar-refractivity contribution in [2.75, 3.05) is 18.4 Å². The van der Waals surface area contributed by atoms with Gasteiger partial charge in [0.15, 0.2) is 0 Å². The van der Waals surface area contributed by atoms with Crippen molar-refractivity contribution in [3.05, 3.63) is 24.3 Å². The third-order valence-corrected chi connectivity index (χ3v) is 3.45. The summed E-state index contributed by atoms with van der Waals surface area (Å²) >= 11 is 0. The molecular weight excluding hydrogens is 252 g/mol. The number of anilines is 1. The molecule has 1 saturated carbocycles. The summed E-state index contributed by atoms with van der Waals surface area (Å²) < 4.78 is 5.74. The van der Waals surface area contributed by atoms with Crippen LogP contribution in [0.3, 0.4) is 0 Å². The van der Waals surface area contributed by atoms with Gasteiger partial charge in [0, 0.05) is 11.8 Å². The Labute approximate surface area is 120 Å². The summed E-state index contributed by atoms with van der Waals surface area (Å²) in [6.45, 7) is 5.44. The lowest BCUT2D eigenvalue weighted by atomic mass is 10.2. The lowest BCUT2D eigenvalue weighted by Crippen LogP contribution is -2.29. The first-order chi connectivity index (χ1) is 9.67. The van der Waals surface area contributed by atoms with Crippen LogP contribution in [-0.2, 0) is 4.79 Å². The van der Waals surface area contributed by atoms with Crippen molar-refractivity contribution in [1.82, 2.24) is 5.32 Å². The molecule has 4 nitrogen and oxygen atoms in total. The van der Waals surface area contributed by atoms with Gasteiger partial charge in [0.25, 0.3) is 0 Å². The van der Waals surface area contributed by atoms with Gasteiger partial charge in [-0.05, 0) is 50.8 Å². The van der Waals surface area contributed by atoms with E-state index in [0.717, 1.165) is 30.3 Å². The Morgan fingerprint density at radius 2 is 2.25 bits per heavy atom. The predicted octanol–water partition coefficient (Wildman–Crippen LogP) is 2.80. The summed E-state index contributed by atoms with van der Waals surface area (Å²) in [6.07, 6.45) is 3.73. The number of carbonyl (C=O) groups is 1. The first kappa shape index (κ1) is 14.9. The highest BCUT2D eigenvalue weighted by atomic mass is 16.5. The van der Waals surface area contributed by atoms with Crippen LogP contribution in [-0.4, -0.2) is 25.1 Å². The van der Waals surface area contributed by atoms with Gasteiger partial charge in [-0.1, -0.05) is 13.0 Å². The molecule has 1 amide bonds. The zero-order chi connectivity index (χ0) is 14.4. The van der Waals surface area contributed by atoms with Gasteiger partial charge in [-0.3, -0.25) is 4.79 Å². The Kier molecular flexibility index (Phi) is 5.41. The Balaban J connectivity index is 1.78. The van der Waals surface area contributed by atoms with Crippen LogP contribution < -0.4 is 15.4 Å². The molecule has 0 spiro atoms. The van der Waals surface area contributed by atoms with Crippen molar-refractivity contribution >= 4 is 11.6 Å². The fourth-order valence-corrected chi connectivity index (χ4v) is 1.88. The molecule has 0 aliphatic heterocycles. The summed E-state index contributed by atoms with van der Waals surface area (Å²) in [5.41, 5.74) is 0.782. The lowest BCUT2D eigenvalue weighted by molar-refractivity contribution is -0.115. The van der Waals surface area contributed by atoms with Crippen LogP contribution in [0, 0.1) is 5.92 Å². The highest BCUT2D eigenvalue weighted by Gasteiger charge is 2.20. The van der Waals surface area contributed by atoms with Crippen molar-refractivity contribution in [2.24, 2.45) is 5.92 Å². The molecule has 0 radical (unpaired) electrons. The lowest BCUT2D eigenvalue weighted by Gasteiger charge is -2.13. The maximum Gasteiger partial charge on any atom is 0.238 e. The third-order valence-electron chi connectivity index (χ3n) is 3.45. The Hall–Kier alpha value is -1.55. The van der Waals surface area contributed by atoms with E-state index in [9.17, 15) is 4.79 Å². The minimum atomic E-state index is -0.00802. The Bertz CT molecular complexity index is 444. The van der Waals surface area contributed by atoms with Gasteiger partial charge in [0.2, 0.25) is 5.91 Å². The summed E-state index contributed by atoms with van der Waals surface area (Å²) in [6, 6.07) is 7.55. The van der Waals surface area contributed by atoms with E-state index in [2.05, 4.69) is 17.6 Å². The number of ether oxygens (including phenoxy) is 1. The molecule has 0 heterocycles. The van der Waals surface area contributed by atoms with E-state index in [4.69, 9.17) is 4.74 Å². The predicted molar refractivity (Wildman–Crippen MR) is 81.0 cm³/mol. The van der Waals surface area contributed by atoms with Crippen LogP contribution in [0.5, 0.6) is 5.75 Å². The molecule has 20 heavy (non-hydrogen) atoms. The average Bonchev–Trinajstić information content (AvgIpc) is 3.23. The van der Waals surface area contributed by atoms with E-state index in [-0.39, 0.29) is 12.0 Å². The average molecular weight is 276 g/mol. The molecule has 1 aromatic rings. The smallest absolute Gasteiger partial charge is 0.238 e. The zero-order valence-corrected chi connectivity index (χ0v) is 12.3. The van der Waals surface area contributed by atoms with Gasteiger partial charge in [-0.2, -0.15) is 0 Å². The van der Waals surface area contributed by atoms with Crippen LogP contribution in [0.4, 0.5) is 5.69 Å².